The van der Waals surface area contributed by atoms with Gasteiger partial charge in [-0.05, 0) is 25.0 Å². The maximum absolute atomic E-state index is 11.4. The lowest BCUT2D eigenvalue weighted by molar-refractivity contribution is -0.129. The highest BCUT2D eigenvalue weighted by molar-refractivity contribution is 5.73. The van der Waals surface area contributed by atoms with Gasteiger partial charge in [0, 0.05) is 44.0 Å². The Morgan fingerprint density at radius 3 is 2.73 bits per heavy atom. The second kappa shape index (κ2) is 6.51. The number of likely N-dealkylation sites (tertiary alicyclic amines) is 1. The number of carbonyl (C=O) groups excluding carboxylic acids is 1. The van der Waals surface area contributed by atoms with Crippen molar-refractivity contribution in [2.45, 2.75) is 25.7 Å². The van der Waals surface area contributed by atoms with Crippen molar-refractivity contribution < 1.29 is 4.79 Å². The molecule has 2 aromatic heterocycles. The summed E-state index contributed by atoms with van der Waals surface area (Å²) in [5.74, 6) is 2.01. The number of aromatic nitrogens is 3. The molecule has 1 aliphatic rings. The quantitative estimate of drug-likeness (QED) is 0.941. The maximum Gasteiger partial charge on any atom is 0.219 e. The molecule has 0 saturated carbocycles. The molecule has 1 amide bonds. The summed E-state index contributed by atoms with van der Waals surface area (Å²) in [5, 5.41) is 3.16. The van der Waals surface area contributed by atoms with Crippen LogP contribution in [0.5, 0.6) is 0 Å². The zero-order chi connectivity index (χ0) is 15.4. The fraction of sp³-hybridized carbons (Fsp3) is 0.375. The van der Waals surface area contributed by atoms with Gasteiger partial charge >= 0.3 is 0 Å². The van der Waals surface area contributed by atoms with E-state index >= 15 is 0 Å². The molecular formula is C16H19N5O. The van der Waals surface area contributed by atoms with E-state index in [2.05, 4.69) is 26.3 Å². The van der Waals surface area contributed by atoms with Crippen molar-refractivity contribution in [3.05, 3.63) is 42.5 Å². The summed E-state index contributed by atoms with van der Waals surface area (Å²) < 4.78 is 0. The average molecular weight is 297 g/mol. The van der Waals surface area contributed by atoms with Gasteiger partial charge in [0.2, 0.25) is 5.91 Å². The first kappa shape index (κ1) is 14.4. The van der Waals surface area contributed by atoms with E-state index in [1.165, 1.54) is 0 Å². The van der Waals surface area contributed by atoms with Crippen LogP contribution in [0.15, 0.2) is 36.8 Å². The molecule has 0 aromatic carbocycles. The lowest BCUT2D eigenvalue weighted by atomic mass is 9.93. The molecule has 22 heavy (non-hydrogen) atoms. The molecule has 1 fully saturated rings. The van der Waals surface area contributed by atoms with Crippen LogP contribution in [0.3, 0.4) is 0 Å². The Morgan fingerprint density at radius 2 is 2.05 bits per heavy atom. The van der Waals surface area contributed by atoms with Gasteiger partial charge < -0.3 is 10.2 Å². The molecule has 2 aromatic rings. The smallest absolute Gasteiger partial charge is 0.219 e. The minimum Gasteiger partial charge on any atom is -0.343 e. The molecule has 1 aliphatic heterocycles. The molecular weight excluding hydrogens is 278 g/mol. The van der Waals surface area contributed by atoms with Gasteiger partial charge in [0.25, 0.3) is 0 Å². The second-order valence-corrected chi connectivity index (χ2v) is 5.44. The lowest BCUT2D eigenvalue weighted by Crippen LogP contribution is -2.36. The third-order valence-electron chi connectivity index (χ3n) is 3.95. The zero-order valence-electron chi connectivity index (χ0n) is 12.6. The van der Waals surface area contributed by atoms with Crippen molar-refractivity contribution in [3.8, 4) is 0 Å². The first-order chi connectivity index (χ1) is 10.7. The molecule has 0 spiro atoms. The van der Waals surface area contributed by atoms with Crippen LogP contribution in [0.4, 0.5) is 11.6 Å². The van der Waals surface area contributed by atoms with E-state index in [-0.39, 0.29) is 5.91 Å². The first-order valence-corrected chi connectivity index (χ1v) is 7.48. The highest BCUT2D eigenvalue weighted by Crippen LogP contribution is 2.27. The monoisotopic (exact) mass is 297 g/mol. The van der Waals surface area contributed by atoms with E-state index in [9.17, 15) is 4.79 Å². The normalized spacial score (nSPS) is 15.6. The zero-order valence-corrected chi connectivity index (χ0v) is 12.6. The van der Waals surface area contributed by atoms with E-state index in [1.807, 2.05) is 17.0 Å². The lowest BCUT2D eigenvalue weighted by Gasteiger charge is -2.31. The van der Waals surface area contributed by atoms with Gasteiger partial charge in [-0.25, -0.2) is 9.97 Å². The minimum absolute atomic E-state index is 0.157. The Labute approximate surface area is 129 Å². The third kappa shape index (κ3) is 3.39. The van der Waals surface area contributed by atoms with Crippen molar-refractivity contribution >= 4 is 17.5 Å². The Hall–Kier alpha value is -2.50. The summed E-state index contributed by atoms with van der Waals surface area (Å²) in [6.45, 7) is 3.25. The van der Waals surface area contributed by atoms with Gasteiger partial charge in [-0.2, -0.15) is 0 Å². The number of piperidine rings is 1. The van der Waals surface area contributed by atoms with Crippen LogP contribution in [0.2, 0.25) is 0 Å². The summed E-state index contributed by atoms with van der Waals surface area (Å²) >= 11 is 0. The van der Waals surface area contributed by atoms with E-state index in [1.54, 1.807) is 25.5 Å². The van der Waals surface area contributed by atoms with E-state index in [0.29, 0.717) is 11.7 Å². The van der Waals surface area contributed by atoms with Crippen LogP contribution in [0.1, 0.15) is 31.4 Å². The van der Waals surface area contributed by atoms with Crippen LogP contribution in [-0.4, -0.2) is 38.8 Å². The topological polar surface area (TPSA) is 71.0 Å². The molecule has 0 unspecified atom stereocenters. The SMILES string of the molecule is CC(=O)N1CCC(c2cccc(Nc3cnccn3)n2)CC1. The highest BCUT2D eigenvalue weighted by Gasteiger charge is 2.22. The van der Waals surface area contributed by atoms with E-state index < -0.39 is 0 Å². The molecule has 1 saturated heterocycles. The molecule has 6 nitrogen and oxygen atoms in total. The number of nitrogens with zero attached hydrogens (tertiary/aromatic N) is 4. The van der Waals surface area contributed by atoms with Gasteiger partial charge in [0.1, 0.15) is 11.6 Å². The fourth-order valence-electron chi connectivity index (χ4n) is 2.73. The number of pyridine rings is 1. The predicted molar refractivity (Wildman–Crippen MR) is 83.8 cm³/mol. The van der Waals surface area contributed by atoms with Crippen molar-refractivity contribution in [2.24, 2.45) is 0 Å². The molecule has 0 atom stereocenters. The van der Waals surface area contributed by atoms with E-state index in [4.69, 9.17) is 0 Å². The van der Waals surface area contributed by atoms with Crippen molar-refractivity contribution in [1.82, 2.24) is 19.9 Å². The Morgan fingerprint density at radius 1 is 1.23 bits per heavy atom. The van der Waals surface area contributed by atoms with Crippen LogP contribution in [0, 0.1) is 0 Å². The van der Waals surface area contributed by atoms with Crippen LogP contribution >= 0.6 is 0 Å². The molecule has 3 rings (SSSR count). The number of anilines is 2. The standard InChI is InChI=1S/C16H19N5O/c1-12(22)21-9-5-13(6-10-21)14-3-2-4-15(19-14)20-16-11-17-7-8-18-16/h2-4,7-8,11,13H,5-6,9-10H2,1H3,(H,18,19,20). The summed E-state index contributed by atoms with van der Waals surface area (Å²) in [4.78, 5) is 26.2. The number of rotatable bonds is 3. The van der Waals surface area contributed by atoms with Gasteiger partial charge in [-0.15, -0.1) is 0 Å². The van der Waals surface area contributed by atoms with Gasteiger partial charge in [-0.1, -0.05) is 6.07 Å². The number of hydrogen-bond donors (Lipinski definition) is 1. The minimum atomic E-state index is 0.157. The van der Waals surface area contributed by atoms with E-state index in [0.717, 1.165) is 37.4 Å². The molecule has 0 aliphatic carbocycles. The fourth-order valence-corrected chi connectivity index (χ4v) is 2.73. The Kier molecular flexibility index (Phi) is 4.27. The second-order valence-electron chi connectivity index (χ2n) is 5.44. The van der Waals surface area contributed by atoms with Crippen molar-refractivity contribution in [2.75, 3.05) is 18.4 Å². The van der Waals surface area contributed by atoms with Crippen molar-refractivity contribution in [3.63, 3.8) is 0 Å². The molecule has 0 bridgehead atoms. The number of amides is 1. The first-order valence-electron chi connectivity index (χ1n) is 7.48. The van der Waals surface area contributed by atoms with Crippen LogP contribution in [0.25, 0.3) is 0 Å². The van der Waals surface area contributed by atoms with Crippen LogP contribution < -0.4 is 5.32 Å². The summed E-state index contributed by atoms with van der Waals surface area (Å²) in [6.07, 6.45) is 6.86. The van der Waals surface area contributed by atoms with Gasteiger partial charge in [0.05, 0.1) is 6.20 Å². The molecule has 114 valence electrons. The number of hydrogen-bond acceptors (Lipinski definition) is 5. The highest BCUT2D eigenvalue weighted by atomic mass is 16.2. The molecule has 3 heterocycles. The summed E-state index contributed by atoms with van der Waals surface area (Å²) in [6, 6.07) is 5.97. The Balaban J connectivity index is 1.68. The predicted octanol–water partition coefficient (Wildman–Crippen LogP) is 2.34. The number of carbonyl (C=O) groups is 1. The average Bonchev–Trinajstić information content (AvgIpc) is 2.56. The molecule has 0 radical (unpaired) electrons. The third-order valence-corrected chi connectivity index (χ3v) is 3.95. The van der Waals surface area contributed by atoms with Crippen molar-refractivity contribution in [1.29, 1.82) is 0 Å². The largest absolute Gasteiger partial charge is 0.343 e. The molecule has 1 N–H and O–H groups in total. The van der Waals surface area contributed by atoms with Gasteiger partial charge in [0.15, 0.2) is 0 Å². The summed E-state index contributed by atoms with van der Waals surface area (Å²) in [5.41, 5.74) is 1.07. The maximum atomic E-state index is 11.4. The Bertz CT molecular complexity index is 638. The summed E-state index contributed by atoms with van der Waals surface area (Å²) in [7, 11) is 0. The van der Waals surface area contributed by atoms with Crippen LogP contribution in [-0.2, 0) is 4.79 Å². The number of nitrogens with one attached hydrogen (secondary N) is 1. The molecule has 6 heteroatoms. The van der Waals surface area contributed by atoms with Gasteiger partial charge in [-0.3, -0.25) is 9.78 Å².